The van der Waals surface area contributed by atoms with Crippen LogP contribution in [-0.4, -0.2) is 22.0 Å². The molecule has 25 heavy (non-hydrogen) atoms. The second-order valence-electron chi connectivity index (χ2n) is 6.27. The molecule has 1 amide bonds. The fraction of sp³-hybridized carbons (Fsp3) is 0.389. The molecule has 0 aliphatic carbocycles. The topological polar surface area (TPSA) is 77.1 Å². The Bertz CT molecular complexity index is 954. The maximum atomic E-state index is 12.1. The Balaban J connectivity index is 1.58. The first kappa shape index (κ1) is 17.4. The number of aryl methyl sites for hydroxylation is 3. The summed E-state index contributed by atoms with van der Waals surface area (Å²) in [6.45, 7) is 6.78. The molecular weight excluding hydrogens is 338 g/mol. The molecule has 0 aliphatic heterocycles. The van der Waals surface area contributed by atoms with E-state index in [4.69, 9.17) is 4.42 Å². The van der Waals surface area contributed by atoms with E-state index < -0.39 is 5.76 Å². The Labute approximate surface area is 149 Å². The van der Waals surface area contributed by atoms with Crippen molar-refractivity contribution in [3.8, 4) is 0 Å². The van der Waals surface area contributed by atoms with Gasteiger partial charge in [0.1, 0.15) is 0 Å². The number of benzene rings is 1. The molecule has 0 radical (unpaired) electrons. The summed E-state index contributed by atoms with van der Waals surface area (Å²) in [7, 11) is 0. The number of carbonyl (C=O) groups excluding carboxylic acids is 1. The van der Waals surface area contributed by atoms with E-state index in [2.05, 4.69) is 10.3 Å². The summed E-state index contributed by atoms with van der Waals surface area (Å²) in [6, 6.07) is 5.56. The average molecular weight is 359 g/mol. The first-order valence-corrected chi connectivity index (χ1v) is 9.10. The summed E-state index contributed by atoms with van der Waals surface area (Å²) in [5.41, 5.74) is 3.31. The molecule has 0 bridgehead atoms. The minimum Gasteiger partial charge on any atom is -0.408 e. The molecule has 6 nitrogen and oxygen atoms in total. The van der Waals surface area contributed by atoms with Crippen molar-refractivity contribution in [2.24, 2.45) is 0 Å². The summed E-state index contributed by atoms with van der Waals surface area (Å²) in [4.78, 5) is 28.5. The zero-order valence-corrected chi connectivity index (χ0v) is 15.4. The van der Waals surface area contributed by atoms with E-state index in [0.29, 0.717) is 18.7 Å². The Morgan fingerprint density at radius 1 is 1.40 bits per heavy atom. The number of hydrogen-bond acceptors (Lipinski definition) is 5. The summed E-state index contributed by atoms with van der Waals surface area (Å²) >= 11 is 1.61. The van der Waals surface area contributed by atoms with E-state index in [0.717, 1.165) is 21.8 Å². The Morgan fingerprint density at radius 3 is 2.92 bits per heavy atom. The van der Waals surface area contributed by atoms with Crippen LogP contribution in [0.15, 0.2) is 32.8 Å². The predicted octanol–water partition coefficient (Wildman–Crippen LogP) is 2.98. The molecule has 1 atom stereocenters. The van der Waals surface area contributed by atoms with Gasteiger partial charge in [-0.15, -0.1) is 11.3 Å². The van der Waals surface area contributed by atoms with Crippen molar-refractivity contribution in [3.05, 3.63) is 50.4 Å². The number of rotatable bonds is 6. The van der Waals surface area contributed by atoms with Crippen LogP contribution in [0.4, 0.5) is 0 Å². The summed E-state index contributed by atoms with van der Waals surface area (Å²) in [6.07, 6.45) is 0.228. The molecule has 2 heterocycles. The van der Waals surface area contributed by atoms with Crippen molar-refractivity contribution >= 4 is 28.3 Å². The van der Waals surface area contributed by atoms with Crippen LogP contribution < -0.4 is 11.1 Å². The molecule has 2 aromatic heterocycles. The molecule has 0 aliphatic rings. The third-order valence-corrected chi connectivity index (χ3v) is 5.24. The molecule has 0 saturated carbocycles. The van der Waals surface area contributed by atoms with Crippen LogP contribution in [0.1, 0.15) is 35.5 Å². The monoisotopic (exact) mass is 359 g/mol. The third-order valence-electron chi connectivity index (χ3n) is 4.05. The Kier molecular flexibility index (Phi) is 5.03. The summed E-state index contributed by atoms with van der Waals surface area (Å²) in [5, 5.41) is 5.94. The van der Waals surface area contributed by atoms with Crippen molar-refractivity contribution in [2.75, 3.05) is 6.54 Å². The summed E-state index contributed by atoms with van der Waals surface area (Å²) in [5.74, 6) is -0.350. The highest BCUT2D eigenvalue weighted by atomic mass is 32.1. The largest absolute Gasteiger partial charge is 0.419 e. The quantitative estimate of drug-likeness (QED) is 0.734. The van der Waals surface area contributed by atoms with E-state index in [1.165, 1.54) is 4.57 Å². The molecule has 132 valence electrons. The Hall–Kier alpha value is -2.41. The van der Waals surface area contributed by atoms with E-state index in [-0.39, 0.29) is 18.2 Å². The molecule has 3 rings (SSSR count). The van der Waals surface area contributed by atoms with E-state index in [1.807, 2.05) is 38.3 Å². The van der Waals surface area contributed by atoms with Gasteiger partial charge in [0.15, 0.2) is 5.58 Å². The second-order valence-corrected chi connectivity index (χ2v) is 7.16. The van der Waals surface area contributed by atoms with Gasteiger partial charge in [0.2, 0.25) is 5.91 Å². The van der Waals surface area contributed by atoms with Crippen LogP contribution in [0, 0.1) is 13.8 Å². The highest BCUT2D eigenvalue weighted by Gasteiger charge is 2.13. The minimum absolute atomic E-state index is 0.0889. The summed E-state index contributed by atoms with van der Waals surface area (Å²) < 4.78 is 6.72. The average Bonchev–Trinajstić information content (AvgIpc) is 3.13. The lowest BCUT2D eigenvalue weighted by atomic mass is 10.2. The maximum Gasteiger partial charge on any atom is 0.419 e. The smallest absolute Gasteiger partial charge is 0.408 e. The highest BCUT2D eigenvalue weighted by Crippen LogP contribution is 2.19. The molecule has 0 fully saturated rings. The molecule has 1 aromatic carbocycles. The van der Waals surface area contributed by atoms with Gasteiger partial charge in [-0.2, -0.15) is 0 Å². The number of aromatic nitrogens is 2. The first-order chi connectivity index (χ1) is 11.9. The first-order valence-electron chi connectivity index (χ1n) is 8.23. The van der Waals surface area contributed by atoms with Crippen LogP contribution in [0.5, 0.6) is 0 Å². The lowest BCUT2D eigenvalue weighted by Gasteiger charge is -2.10. The molecule has 0 saturated heterocycles. The molecule has 3 aromatic rings. The number of thiazole rings is 1. The number of nitrogens with one attached hydrogen (secondary N) is 1. The van der Waals surface area contributed by atoms with Gasteiger partial charge in [-0.05, 0) is 31.5 Å². The van der Waals surface area contributed by atoms with E-state index >= 15 is 0 Å². The number of amides is 1. The molecular formula is C18H21N3O3S. The van der Waals surface area contributed by atoms with Crippen LogP contribution in [0.3, 0.4) is 0 Å². The lowest BCUT2D eigenvalue weighted by Crippen LogP contribution is -2.29. The van der Waals surface area contributed by atoms with Crippen LogP contribution in [0.2, 0.25) is 0 Å². The maximum absolute atomic E-state index is 12.1. The standard InChI is InChI=1S/C18H21N3O3S/c1-11-4-5-15-14(8-11)21(18(23)24-15)7-6-16(22)19-9-12(2)17-20-13(3)10-25-17/h4-5,8,10,12H,6-7,9H2,1-3H3,(H,19,22). The second kappa shape index (κ2) is 7.23. The van der Waals surface area contributed by atoms with Gasteiger partial charge in [-0.25, -0.2) is 9.78 Å². The van der Waals surface area contributed by atoms with Crippen LogP contribution >= 0.6 is 11.3 Å². The normalized spacial score (nSPS) is 12.4. The fourth-order valence-corrected chi connectivity index (χ4v) is 3.49. The third kappa shape index (κ3) is 3.99. The van der Waals surface area contributed by atoms with Crippen LogP contribution in [-0.2, 0) is 11.3 Å². The van der Waals surface area contributed by atoms with Crippen molar-refractivity contribution in [3.63, 3.8) is 0 Å². The number of nitrogens with zero attached hydrogens (tertiary/aromatic N) is 2. The van der Waals surface area contributed by atoms with Gasteiger partial charge in [0, 0.05) is 36.5 Å². The zero-order valence-electron chi connectivity index (χ0n) is 14.5. The highest BCUT2D eigenvalue weighted by molar-refractivity contribution is 7.09. The van der Waals surface area contributed by atoms with Gasteiger partial charge in [-0.3, -0.25) is 9.36 Å². The van der Waals surface area contributed by atoms with E-state index in [1.54, 1.807) is 17.4 Å². The predicted molar refractivity (Wildman–Crippen MR) is 98.1 cm³/mol. The molecule has 1 N–H and O–H groups in total. The van der Waals surface area contributed by atoms with Gasteiger partial charge in [0.25, 0.3) is 0 Å². The molecule has 0 spiro atoms. The number of carbonyl (C=O) groups is 1. The van der Waals surface area contributed by atoms with Gasteiger partial charge >= 0.3 is 5.76 Å². The van der Waals surface area contributed by atoms with Crippen molar-refractivity contribution in [1.82, 2.24) is 14.9 Å². The van der Waals surface area contributed by atoms with Crippen LogP contribution in [0.25, 0.3) is 11.1 Å². The van der Waals surface area contributed by atoms with Gasteiger partial charge in [0.05, 0.1) is 10.5 Å². The lowest BCUT2D eigenvalue weighted by molar-refractivity contribution is -0.121. The van der Waals surface area contributed by atoms with Crippen molar-refractivity contribution < 1.29 is 9.21 Å². The van der Waals surface area contributed by atoms with E-state index in [9.17, 15) is 9.59 Å². The fourth-order valence-electron chi connectivity index (χ4n) is 2.64. The van der Waals surface area contributed by atoms with Gasteiger partial charge < -0.3 is 9.73 Å². The number of hydrogen-bond donors (Lipinski definition) is 1. The van der Waals surface area contributed by atoms with Crippen molar-refractivity contribution in [1.29, 1.82) is 0 Å². The molecule has 1 unspecified atom stereocenters. The molecule has 7 heteroatoms. The minimum atomic E-state index is -0.431. The number of fused-ring (bicyclic) bond motifs is 1. The number of oxazole rings is 1. The SMILES string of the molecule is Cc1ccc2oc(=O)n(CCC(=O)NCC(C)c3nc(C)cs3)c2c1. The zero-order chi connectivity index (χ0) is 18.0. The Morgan fingerprint density at radius 2 is 2.20 bits per heavy atom. The van der Waals surface area contributed by atoms with Crippen molar-refractivity contribution in [2.45, 2.75) is 39.7 Å². The van der Waals surface area contributed by atoms with Gasteiger partial charge in [-0.1, -0.05) is 13.0 Å².